The van der Waals surface area contributed by atoms with Gasteiger partial charge in [0.2, 0.25) is 0 Å². The van der Waals surface area contributed by atoms with Crippen LogP contribution < -0.4 is 5.32 Å². The second-order valence-electron chi connectivity index (χ2n) is 8.34. The summed E-state index contributed by atoms with van der Waals surface area (Å²) in [6.07, 6.45) is -7.84. The van der Waals surface area contributed by atoms with Crippen LogP contribution in [0.15, 0.2) is 24.3 Å². The normalized spacial score (nSPS) is 25.2. The van der Waals surface area contributed by atoms with Crippen molar-refractivity contribution >= 4 is 10.9 Å². The fraction of sp³-hybridized carbons (Fsp3) is 0.571. The van der Waals surface area contributed by atoms with E-state index in [4.69, 9.17) is 0 Å². The van der Waals surface area contributed by atoms with Gasteiger partial charge in [0.05, 0.1) is 17.2 Å². The lowest BCUT2D eigenvalue weighted by atomic mass is 9.83. The summed E-state index contributed by atoms with van der Waals surface area (Å²) in [4.78, 5) is 5.61. The summed E-state index contributed by atoms with van der Waals surface area (Å²) < 4.78 is 80.0. The SMILES string of the molecule is OC(CNCC1CC2CCN1CC2)c1cc(C(F)(F)F)nc2c(C(F)(F)F)cccc12. The number of hydrogen-bond acceptors (Lipinski definition) is 4. The van der Waals surface area contributed by atoms with Crippen molar-refractivity contribution in [2.24, 2.45) is 5.92 Å². The molecule has 0 saturated carbocycles. The van der Waals surface area contributed by atoms with E-state index in [0.29, 0.717) is 30.6 Å². The van der Waals surface area contributed by atoms with E-state index in [1.807, 2.05) is 0 Å². The molecule has 3 saturated heterocycles. The fourth-order valence-corrected chi connectivity index (χ4v) is 4.72. The van der Waals surface area contributed by atoms with Gasteiger partial charge in [0.25, 0.3) is 0 Å². The van der Waals surface area contributed by atoms with Crippen LogP contribution in [0, 0.1) is 5.92 Å². The van der Waals surface area contributed by atoms with Crippen LogP contribution in [0.5, 0.6) is 0 Å². The molecule has 3 aliphatic heterocycles. The molecule has 2 aromatic rings. The Bertz CT molecular complexity index is 937. The van der Waals surface area contributed by atoms with E-state index >= 15 is 0 Å². The molecule has 10 heteroatoms. The standard InChI is InChI=1S/C21H23F6N3O/c22-20(23,24)16-3-1-2-14-15(9-18(21(25,26)27)29-19(14)16)17(31)11-28-10-13-8-12-4-6-30(13)7-5-12/h1-3,9,12-13,17,28,31H,4-8,10-11H2. The molecule has 3 aliphatic rings. The van der Waals surface area contributed by atoms with Crippen LogP contribution in [0.25, 0.3) is 10.9 Å². The number of fused-ring (bicyclic) bond motifs is 4. The van der Waals surface area contributed by atoms with Crippen molar-refractivity contribution in [3.05, 3.63) is 41.1 Å². The van der Waals surface area contributed by atoms with Crippen LogP contribution >= 0.6 is 0 Å². The highest BCUT2D eigenvalue weighted by atomic mass is 19.4. The van der Waals surface area contributed by atoms with Crippen molar-refractivity contribution in [3.8, 4) is 0 Å². The molecule has 1 aromatic carbocycles. The monoisotopic (exact) mass is 447 g/mol. The van der Waals surface area contributed by atoms with E-state index in [2.05, 4.69) is 15.2 Å². The van der Waals surface area contributed by atoms with Crippen LogP contribution in [0.4, 0.5) is 26.3 Å². The highest BCUT2D eigenvalue weighted by Gasteiger charge is 2.38. The van der Waals surface area contributed by atoms with Gasteiger partial charge in [-0.15, -0.1) is 0 Å². The Labute approximate surface area is 175 Å². The lowest BCUT2D eigenvalue weighted by molar-refractivity contribution is -0.142. The van der Waals surface area contributed by atoms with Gasteiger partial charge in [0.15, 0.2) is 0 Å². The zero-order chi connectivity index (χ0) is 22.4. The maximum atomic E-state index is 13.4. The number of alkyl halides is 6. The number of halogens is 6. The zero-order valence-electron chi connectivity index (χ0n) is 16.6. The van der Waals surface area contributed by atoms with Crippen LogP contribution in [0.1, 0.15) is 42.2 Å². The molecular formula is C21H23F6N3O. The minimum absolute atomic E-state index is 0.0678. The van der Waals surface area contributed by atoms with E-state index in [1.165, 1.54) is 18.9 Å². The maximum Gasteiger partial charge on any atom is 0.433 e. The number of hydrogen-bond donors (Lipinski definition) is 2. The average Bonchev–Trinajstić information content (AvgIpc) is 2.72. The molecule has 170 valence electrons. The molecule has 2 unspecified atom stereocenters. The Balaban J connectivity index is 1.59. The Morgan fingerprint density at radius 1 is 1.10 bits per heavy atom. The van der Waals surface area contributed by atoms with Crippen LogP contribution in [-0.4, -0.2) is 47.2 Å². The molecular weight excluding hydrogens is 424 g/mol. The molecule has 31 heavy (non-hydrogen) atoms. The van der Waals surface area contributed by atoms with Crippen molar-refractivity contribution in [2.45, 2.75) is 43.8 Å². The van der Waals surface area contributed by atoms with Gasteiger partial charge in [0, 0.05) is 24.5 Å². The molecule has 2 atom stereocenters. The lowest BCUT2D eigenvalue weighted by Crippen LogP contribution is -2.52. The topological polar surface area (TPSA) is 48.4 Å². The van der Waals surface area contributed by atoms with Crippen molar-refractivity contribution in [2.75, 3.05) is 26.2 Å². The number of aliphatic hydroxyl groups excluding tert-OH is 1. The molecule has 2 N–H and O–H groups in total. The number of nitrogens with zero attached hydrogens (tertiary/aromatic N) is 2. The molecule has 4 heterocycles. The van der Waals surface area contributed by atoms with Crippen LogP contribution in [0.3, 0.4) is 0 Å². The third-order valence-corrected chi connectivity index (χ3v) is 6.31. The summed E-state index contributed by atoms with van der Waals surface area (Å²) in [6, 6.07) is 3.99. The first-order chi connectivity index (χ1) is 14.5. The Morgan fingerprint density at radius 3 is 2.39 bits per heavy atom. The average molecular weight is 447 g/mol. The second-order valence-corrected chi connectivity index (χ2v) is 8.34. The second kappa shape index (κ2) is 8.22. The third kappa shape index (κ3) is 4.65. The summed E-state index contributed by atoms with van der Waals surface area (Å²) in [6.45, 7) is 2.53. The Kier molecular flexibility index (Phi) is 5.91. The molecule has 1 aromatic heterocycles. The lowest BCUT2D eigenvalue weighted by Gasteiger charge is -2.45. The van der Waals surface area contributed by atoms with Gasteiger partial charge in [-0.05, 0) is 56.0 Å². The predicted molar refractivity (Wildman–Crippen MR) is 102 cm³/mol. The first-order valence-electron chi connectivity index (χ1n) is 10.2. The van der Waals surface area contributed by atoms with Gasteiger partial charge in [-0.25, -0.2) is 4.98 Å². The molecule has 0 amide bonds. The largest absolute Gasteiger partial charge is 0.433 e. The summed E-state index contributed by atoms with van der Waals surface area (Å²) in [5.74, 6) is 0.681. The van der Waals surface area contributed by atoms with E-state index in [1.54, 1.807) is 0 Å². The number of rotatable bonds is 5. The van der Waals surface area contributed by atoms with E-state index in [-0.39, 0.29) is 17.5 Å². The van der Waals surface area contributed by atoms with E-state index < -0.39 is 35.2 Å². The number of aromatic nitrogens is 1. The summed E-state index contributed by atoms with van der Waals surface area (Å²) in [5, 5.41) is 13.6. The number of benzene rings is 1. The minimum Gasteiger partial charge on any atom is -0.387 e. The maximum absolute atomic E-state index is 13.4. The van der Waals surface area contributed by atoms with Crippen molar-refractivity contribution in [1.82, 2.24) is 15.2 Å². The fourth-order valence-electron chi connectivity index (χ4n) is 4.72. The molecule has 5 rings (SSSR count). The molecule has 0 radical (unpaired) electrons. The first kappa shape index (κ1) is 22.3. The molecule has 3 fully saturated rings. The summed E-state index contributed by atoms with van der Waals surface area (Å²) >= 11 is 0. The molecule has 4 nitrogen and oxygen atoms in total. The van der Waals surface area contributed by atoms with Gasteiger partial charge >= 0.3 is 12.4 Å². The van der Waals surface area contributed by atoms with Gasteiger partial charge in [0.1, 0.15) is 5.69 Å². The van der Waals surface area contributed by atoms with E-state index in [9.17, 15) is 31.4 Å². The van der Waals surface area contributed by atoms with Gasteiger partial charge < -0.3 is 10.4 Å². The number of piperidine rings is 3. The van der Waals surface area contributed by atoms with Crippen molar-refractivity contribution < 1.29 is 31.4 Å². The number of para-hydroxylation sites is 1. The van der Waals surface area contributed by atoms with Crippen molar-refractivity contribution in [3.63, 3.8) is 0 Å². The zero-order valence-corrected chi connectivity index (χ0v) is 16.6. The van der Waals surface area contributed by atoms with Crippen molar-refractivity contribution in [1.29, 1.82) is 0 Å². The number of pyridine rings is 1. The van der Waals surface area contributed by atoms with Gasteiger partial charge in [-0.2, -0.15) is 26.3 Å². The number of nitrogens with one attached hydrogen (secondary N) is 1. The highest BCUT2D eigenvalue weighted by Crippen LogP contribution is 2.39. The Hall–Kier alpha value is -1.91. The van der Waals surface area contributed by atoms with E-state index in [0.717, 1.165) is 25.6 Å². The minimum atomic E-state index is -4.94. The summed E-state index contributed by atoms with van der Waals surface area (Å²) in [5.41, 5.74) is -3.75. The molecule has 0 spiro atoms. The first-order valence-corrected chi connectivity index (χ1v) is 10.2. The van der Waals surface area contributed by atoms with Crippen LogP contribution in [0.2, 0.25) is 0 Å². The van der Waals surface area contributed by atoms with Crippen LogP contribution in [-0.2, 0) is 12.4 Å². The number of aliphatic hydroxyl groups is 1. The summed E-state index contributed by atoms with van der Waals surface area (Å²) in [7, 11) is 0. The Morgan fingerprint density at radius 2 is 1.81 bits per heavy atom. The molecule has 0 aliphatic carbocycles. The predicted octanol–water partition coefficient (Wildman–Crippen LogP) is 4.38. The highest BCUT2D eigenvalue weighted by molar-refractivity contribution is 5.86. The third-order valence-electron chi connectivity index (χ3n) is 6.31. The smallest absolute Gasteiger partial charge is 0.387 e. The van der Waals surface area contributed by atoms with Gasteiger partial charge in [-0.1, -0.05) is 12.1 Å². The molecule has 2 bridgehead atoms. The quantitative estimate of drug-likeness (QED) is 0.668. The van der Waals surface area contributed by atoms with Gasteiger partial charge in [-0.3, -0.25) is 4.90 Å².